The van der Waals surface area contributed by atoms with Crippen LogP contribution in [-0.4, -0.2) is 55.5 Å². The van der Waals surface area contributed by atoms with Crippen LogP contribution in [0.25, 0.3) is 21.7 Å². The standard InChI is InChI=1S/C20H24N4O3S/c1-12(26-7-6-25-2)15-3-4-16(19-21-5-8-28-19)18-17(15)23-20(27-18)24-10-13-9-14(11-24)22-13/h3-5,8,12-14,22H,6-7,9-11H2,1-2H3. The minimum absolute atomic E-state index is 0.0997. The van der Waals surface area contributed by atoms with Gasteiger partial charge in [-0.1, -0.05) is 6.07 Å². The first-order chi connectivity index (χ1) is 13.7. The van der Waals surface area contributed by atoms with E-state index in [1.54, 1.807) is 18.4 Å². The molecule has 3 aliphatic rings. The average Bonchev–Trinajstić information content (AvgIpc) is 3.37. The first kappa shape index (κ1) is 18.1. The zero-order valence-corrected chi connectivity index (χ0v) is 16.9. The Bertz CT molecular complexity index is 942. The molecule has 3 atom stereocenters. The molecule has 3 aromatic rings. The number of methoxy groups -OCH3 is 1. The molecule has 1 aromatic carbocycles. The summed E-state index contributed by atoms with van der Waals surface area (Å²) in [4.78, 5) is 11.6. The van der Waals surface area contributed by atoms with Gasteiger partial charge in [0.15, 0.2) is 5.58 Å². The topological polar surface area (TPSA) is 72.7 Å². The van der Waals surface area contributed by atoms with Crippen molar-refractivity contribution in [3.05, 3.63) is 29.3 Å². The Morgan fingerprint density at radius 2 is 2.14 bits per heavy atom. The molecule has 8 heteroatoms. The van der Waals surface area contributed by atoms with E-state index in [-0.39, 0.29) is 6.10 Å². The molecule has 0 saturated carbocycles. The van der Waals surface area contributed by atoms with E-state index in [0.717, 1.165) is 40.3 Å². The number of anilines is 1. The smallest absolute Gasteiger partial charge is 0.298 e. The van der Waals surface area contributed by atoms with Crippen LogP contribution < -0.4 is 10.2 Å². The summed E-state index contributed by atoms with van der Waals surface area (Å²) in [5.41, 5.74) is 3.66. The highest BCUT2D eigenvalue weighted by Gasteiger charge is 2.38. The first-order valence-corrected chi connectivity index (χ1v) is 10.6. The number of benzene rings is 1. The predicted octanol–water partition coefficient (Wildman–Crippen LogP) is 3.23. The lowest BCUT2D eigenvalue weighted by Gasteiger charge is -2.47. The fourth-order valence-electron chi connectivity index (χ4n) is 4.07. The Kier molecular flexibility index (Phi) is 4.80. The monoisotopic (exact) mass is 400 g/mol. The SMILES string of the molecule is COCCOC(C)c1ccc(-c2nccs2)c2oc(N3CC4CC(C3)N4)nc12. The lowest BCUT2D eigenvalue weighted by Crippen LogP contribution is -2.67. The normalized spacial score (nSPS) is 22.4. The van der Waals surface area contributed by atoms with Gasteiger partial charge in [-0.15, -0.1) is 11.3 Å². The van der Waals surface area contributed by atoms with Gasteiger partial charge < -0.3 is 24.1 Å². The summed E-state index contributed by atoms with van der Waals surface area (Å²) in [5.74, 6) is 0. The third-order valence-electron chi connectivity index (χ3n) is 5.51. The van der Waals surface area contributed by atoms with E-state index in [1.807, 2.05) is 18.5 Å². The van der Waals surface area contributed by atoms with Crippen LogP contribution in [0.5, 0.6) is 0 Å². The number of thiazole rings is 1. The highest BCUT2D eigenvalue weighted by Crippen LogP contribution is 2.38. The molecule has 5 heterocycles. The van der Waals surface area contributed by atoms with E-state index in [2.05, 4.69) is 27.3 Å². The van der Waals surface area contributed by atoms with Crippen molar-refractivity contribution in [1.82, 2.24) is 15.3 Å². The molecular weight excluding hydrogens is 376 g/mol. The molecule has 3 saturated heterocycles. The zero-order chi connectivity index (χ0) is 19.1. The summed E-state index contributed by atoms with van der Waals surface area (Å²) in [6, 6.07) is 5.93. The molecule has 1 N–H and O–H groups in total. The van der Waals surface area contributed by atoms with Crippen LogP contribution in [0.1, 0.15) is 25.0 Å². The van der Waals surface area contributed by atoms with Crippen molar-refractivity contribution in [2.45, 2.75) is 31.5 Å². The summed E-state index contributed by atoms with van der Waals surface area (Å²) in [5, 5.41) is 6.47. The van der Waals surface area contributed by atoms with Crippen molar-refractivity contribution in [2.75, 3.05) is 38.3 Å². The van der Waals surface area contributed by atoms with E-state index in [4.69, 9.17) is 18.9 Å². The molecule has 2 aromatic heterocycles. The number of nitrogens with one attached hydrogen (secondary N) is 1. The fourth-order valence-corrected chi connectivity index (χ4v) is 4.73. The number of piperazine rings is 1. The highest BCUT2D eigenvalue weighted by atomic mass is 32.1. The van der Waals surface area contributed by atoms with Gasteiger partial charge in [-0.3, -0.25) is 0 Å². The number of oxazole rings is 1. The molecule has 3 aliphatic heterocycles. The van der Waals surface area contributed by atoms with Crippen LogP contribution >= 0.6 is 11.3 Å². The summed E-state index contributed by atoms with van der Waals surface area (Å²) in [6.45, 7) is 5.02. The van der Waals surface area contributed by atoms with E-state index in [9.17, 15) is 0 Å². The predicted molar refractivity (Wildman–Crippen MR) is 109 cm³/mol. The van der Waals surface area contributed by atoms with Crippen LogP contribution in [0.4, 0.5) is 6.01 Å². The third kappa shape index (κ3) is 3.20. The maximum atomic E-state index is 6.32. The first-order valence-electron chi connectivity index (χ1n) is 9.67. The highest BCUT2D eigenvalue weighted by molar-refractivity contribution is 7.13. The second kappa shape index (κ2) is 7.44. The number of rotatable bonds is 7. The van der Waals surface area contributed by atoms with Crippen LogP contribution in [0.15, 0.2) is 28.1 Å². The maximum absolute atomic E-state index is 6.32. The van der Waals surface area contributed by atoms with Gasteiger partial charge in [0.05, 0.1) is 24.9 Å². The molecule has 0 spiro atoms. The van der Waals surface area contributed by atoms with Gasteiger partial charge in [0, 0.05) is 49.4 Å². The molecule has 3 unspecified atom stereocenters. The lowest BCUT2D eigenvalue weighted by atomic mass is 9.92. The summed E-state index contributed by atoms with van der Waals surface area (Å²) < 4.78 is 17.4. The molecular formula is C20H24N4O3S. The van der Waals surface area contributed by atoms with E-state index >= 15 is 0 Å². The van der Waals surface area contributed by atoms with Crippen molar-refractivity contribution in [2.24, 2.45) is 0 Å². The fraction of sp³-hybridized carbons (Fsp3) is 0.500. The second-order valence-electron chi connectivity index (χ2n) is 7.42. The lowest BCUT2D eigenvalue weighted by molar-refractivity contribution is 0.0261. The largest absolute Gasteiger partial charge is 0.423 e. The number of fused-ring (bicyclic) bond motifs is 3. The van der Waals surface area contributed by atoms with Crippen LogP contribution in [0.3, 0.4) is 0 Å². The van der Waals surface area contributed by atoms with Crippen molar-refractivity contribution < 1.29 is 13.9 Å². The molecule has 7 nitrogen and oxygen atoms in total. The van der Waals surface area contributed by atoms with E-state index < -0.39 is 0 Å². The quantitative estimate of drug-likeness (QED) is 0.611. The number of nitrogens with zero attached hydrogens (tertiary/aromatic N) is 3. The van der Waals surface area contributed by atoms with Crippen LogP contribution in [0.2, 0.25) is 0 Å². The summed E-state index contributed by atoms with van der Waals surface area (Å²) in [7, 11) is 1.68. The van der Waals surface area contributed by atoms with E-state index in [0.29, 0.717) is 31.3 Å². The Balaban J connectivity index is 1.54. The molecule has 6 rings (SSSR count). The van der Waals surface area contributed by atoms with Gasteiger partial charge in [0.1, 0.15) is 10.5 Å². The van der Waals surface area contributed by atoms with Crippen LogP contribution in [0, 0.1) is 0 Å². The van der Waals surface area contributed by atoms with Crippen LogP contribution in [-0.2, 0) is 9.47 Å². The van der Waals surface area contributed by atoms with Gasteiger partial charge in [0.25, 0.3) is 6.01 Å². The maximum Gasteiger partial charge on any atom is 0.298 e. The van der Waals surface area contributed by atoms with Gasteiger partial charge >= 0.3 is 0 Å². The zero-order valence-electron chi connectivity index (χ0n) is 16.1. The minimum atomic E-state index is -0.0997. The van der Waals surface area contributed by atoms with Crippen molar-refractivity contribution in [3.63, 3.8) is 0 Å². The average molecular weight is 401 g/mol. The van der Waals surface area contributed by atoms with Gasteiger partial charge in [-0.25, -0.2) is 4.98 Å². The summed E-state index contributed by atoms with van der Waals surface area (Å²) in [6.07, 6.45) is 2.96. The summed E-state index contributed by atoms with van der Waals surface area (Å²) >= 11 is 1.60. The number of hydrogen-bond donors (Lipinski definition) is 1. The molecule has 0 amide bonds. The molecule has 0 radical (unpaired) electrons. The van der Waals surface area contributed by atoms with Gasteiger partial charge in [-0.2, -0.15) is 4.98 Å². The van der Waals surface area contributed by atoms with E-state index in [1.165, 1.54) is 6.42 Å². The molecule has 3 fully saturated rings. The Morgan fingerprint density at radius 1 is 1.32 bits per heavy atom. The number of hydrogen-bond acceptors (Lipinski definition) is 8. The minimum Gasteiger partial charge on any atom is -0.423 e. The Labute approximate surface area is 167 Å². The third-order valence-corrected chi connectivity index (χ3v) is 6.32. The van der Waals surface area contributed by atoms with Crippen molar-refractivity contribution in [3.8, 4) is 10.6 Å². The van der Waals surface area contributed by atoms with Crippen molar-refractivity contribution in [1.29, 1.82) is 0 Å². The Hall–Kier alpha value is -2.00. The van der Waals surface area contributed by atoms with Gasteiger partial charge in [0.2, 0.25) is 0 Å². The van der Waals surface area contributed by atoms with Crippen molar-refractivity contribution >= 4 is 28.5 Å². The molecule has 2 bridgehead atoms. The molecule has 0 aliphatic carbocycles. The number of piperidine rings is 1. The second-order valence-corrected chi connectivity index (χ2v) is 8.32. The number of ether oxygens (including phenoxy) is 2. The molecule has 148 valence electrons. The van der Waals surface area contributed by atoms with Gasteiger partial charge in [-0.05, 0) is 19.4 Å². The molecule has 28 heavy (non-hydrogen) atoms. The number of aromatic nitrogens is 2. The Morgan fingerprint density at radius 3 is 2.86 bits per heavy atom.